The van der Waals surface area contributed by atoms with Crippen LogP contribution >= 0.6 is 0 Å². The summed E-state index contributed by atoms with van der Waals surface area (Å²) in [5.41, 5.74) is 1.75. The molecular formula is C22H37BFN3O3. The van der Waals surface area contributed by atoms with Gasteiger partial charge in [0.25, 0.3) is 0 Å². The van der Waals surface area contributed by atoms with E-state index in [4.69, 9.17) is 9.31 Å². The van der Waals surface area contributed by atoms with Gasteiger partial charge in [-0.1, -0.05) is 0 Å². The molecule has 168 valence electrons. The first-order valence-corrected chi connectivity index (χ1v) is 10.9. The molecule has 2 N–H and O–H groups in total. The van der Waals surface area contributed by atoms with Gasteiger partial charge in [0.05, 0.1) is 17.3 Å². The number of halogens is 1. The van der Waals surface area contributed by atoms with E-state index in [-0.39, 0.29) is 5.73 Å². The van der Waals surface area contributed by atoms with Crippen molar-refractivity contribution in [2.45, 2.75) is 72.3 Å². The monoisotopic (exact) mass is 421 g/mol. The van der Waals surface area contributed by atoms with Crippen molar-refractivity contribution in [1.29, 1.82) is 0 Å². The van der Waals surface area contributed by atoms with Gasteiger partial charge in [-0.05, 0) is 59.6 Å². The molecule has 1 aromatic heterocycles. The first-order chi connectivity index (χ1) is 13.9. The highest BCUT2D eigenvalue weighted by Gasteiger charge is 2.53. The first-order valence-electron chi connectivity index (χ1n) is 10.9. The Hall–Kier alpha value is -1.19. The van der Waals surface area contributed by atoms with Gasteiger partial charge in [0, 0.05) is 56.7 Å². The van der Waals surface area contributed by atoms with Gasteiger partial charge in [-0.25, -0.2) is 4.39 Å². The molecule has 0 amide bonds. The Morgan fingerprint density at radius 1 is 1.17 bits per heavy atom. The largest absolute Gasteiger partial charge is 0.525 e. The van der Waals surface area contributed by atoms with Crippen LogP contribution in [-0.2, 0) is 15.9 Å². The van der Waals surface area contributed by atoms with Gasteiger partial charge in [0.1, 0.15) is 5.73 Å². The molecule has 0 aromatic carbocycles. The lowest BCUT2D eigenvalue weighted by Gasteiger charge is -2.32. The molecule has 8 heteroatoms. The Morgan fingerprint density at radius 3 is 2.30 bits per heavy atom. The van der Waals surface area contributed by atoms with E-state index in [9.17, 15) is 5.11 Å². The Morgan fingerprint density at radius 2 is 1.73 bits per heavy atom. The van der Waals surface area contributed by atoms with Crippen LogP contribution in [0.3, 0.4) is 0 Å². The van der Waals surface area contributed by atoms with E-state index < -0.39 is 24.4 Å². The van der Waals surface area contributed by atoms with E-state index in [1.807, 2.05) is 52.3 Å². The van der Waals surface area contributed by atoms with E-state index in [0.29, 0.717) is 18.7 Å². The summed E-state index contributed by atoms with van der Waals surface area (Å²) in [5, 5.41) is 13.9. The highest BCUT2D eigenvalue weighted by Crippen LogP contribution is 2.40. The molecule has 3 heterocycles. The van der Waals surface area contributed by atoms with Gasteiger partial charge in [-0.3, -0.25) is 4.90 Å². The quantitative estimate of drug-likeness (QED) is 0.692. The average Bonchev–Trinajstić information content (AvgIpc) is 3.05. The average molecular weight is 421 g/mol. The third-order valence-corrected chi connectivity index (χ3v) is 6.82. The number of aromatic nitrogens is 1. The molecule has 1 aromatic rings. The lowest BCUT2D eigenvalue weighted by molar-refractivity contribution is 0.00578. The van der Waals surface area contributed by atoms with E-state index in [1.54, 1.807) is 6.92 Å². The van der Waals surface area contributed by atoms with Crippen LogP contribution in [0, 0.1) is 13.8 Å². The van der Waals surface area contributed by atoms with Gasteiger partial charge in [0.2, 0.25) is 0 Å². The summed E-state index contributed by atoms with van der Waals surface area (Å²) in [7, 11) is -1.00. The predicted octanol–water partition coefficient (Wildman–Crippen LogP) is 2.70. The van der Waals surface area contributed by atoms with Crippen molar-refractivity contribution in [2.75, 3.05) is 32.7 Å². The zero-order chi connectivity index (χ0) is 22.3. The van der Waals surface area contributed by atoms with Crippen molar-refractivity contribution in [3.8, 4) is 0 Å². The number of hydrogen-bond donors (Lipinski definition) is 2. The maximum atomic E-state index is 15.4. The Kier molecular flexibility index (Phi) is 6.85. The molecule has 0 bridgehead atoms. The number of nitrogens with one attached hydrogen (secondary N) is 1. The fourth-order valence-corrected chi connectivity index (χ4v) is 4.30. The van der Waals surface area contributed by atoms with Crippen LogP contribution < -0.4 is 5.32 Å². The minimum absolute atomic E-state index is 0.390. The summed E-state index contributed by atoms with van der Waals surface area (Å²) < 4.78 is 29.2. The Bertz CT molecular complexity index is 784. The minimum Gasteiger partial charge on any atom is -0.398 e. The van der Waals surface area contributed by atoms with Crippen molar-refractivity contribution in [3.63, 3.8) is 0 Å². The van der Waals surface area contributed by atoms with Crippen molar-refractivity contribution >= 4 is 12.7 Å². The zero-order valence-corrected chi connectivity index (χ0v) is 19.5. The lowest BCUT2D eigenvalue weighted by atomic mass is 9.82. The van der Waals surface area contributed by atoms with Crippen LogP contribution in [0.4, 0.5) is 4.39 Å². The second-order valence-corrected chi connectivity index (χ2v) is 9.69. The molecule has 3 rings (SSSR count). The van der Waals surface area contributed by atoms with E-state index in [0.717, 1.165) is 43.0 Å². The van der Waals surface area contributed by atoms with Crippen molar-refractivity contribution in [1.82, 2.24) is 14.8 Å². The zero-order valence-electron chi connectivity index (χ0n) is 19.5. The summed E-state index contributed by atoms with van der Waals surface area (Å²) in [6.07, 6.45) is 1.52. The molecular weight excluding hydrogens is 384 g/mol. The smallest absolute Gasteiger partial charge is 0.398 e. The topological polar surface area (TPSA) is 58.9 Å². The summed E-state index contributed by atoms with van der Waals surface area (Å²) in [5.74, 6) is 0. The second-order valence-electron chi connectivity index (χ2n) is 9.69. The van der Waals surface area contributed by atoms with Gasteiger partial charge in [-0.2, -0.15) is 0 Å². The summed E-state index contributed by atoms with van der Waals surface area (Å²) in [6.45, 7) is 18.4. The molecule has 0 aliphatic carbocycles. The molecule has 0 spiro atoms. The Labute approximate surface area is 180 Å². The fourth-order valence-electron chi connectivity index (χ4n) is 4.30. The summed E-state index contributed by atoms with van der Waals surface area (Å²) in [4.78, 5) is 2.27. The van der Waals surface area contributed by atoms with Crippen LogP contribution in [0.25, 0.3) is 5.57 Å². The molecule has 1 unspecified atom stereocenters. The van der Waals surface area contributed by atoms with E-state index in [2.05, 4.69) is 10.2 Å². The van der Waals surface area contributed by atoms with Gasteiger partial charge in [0.15, 0.2) is 0 Å². The molecule has 0 saturated carbocycles. The van der Waals surface area contributed by atoms with Crippen LogP contribution in [0.5, 0.6) is 0 Å². The molecule has 30 heavy (non-hydrogen) atoms. The lowest BCUT2D eigenvalue weighted by Crippen LogP contribution is -2.46. The highest BCUT2D eigenvalue weighted by atomic mass is 19.1. The number of piperazine rings is 1. The fraction of sp³-hybridized carbons (Fsp3) is 0.727. The maximum Gasteiger partial charge on any atom is 0.525 e. The SMILES string of the molecule is CC(=C(F)B1OC(C)(C)C(C)(C)O1)c1c(C)cn(CC(O)CN2CCNCC2)c1C. The number of aryl methyl sites for hydroxylation is 1. The number of allylic oxidation sites excluding steroid dienone is 1. The van der Waals surface area contributed by atoms with E-state index in [1.165, 1.54) is 0 Å². The third-order valence-electron chi connectivity index (χ3n) is 6.82. The second kappa shape index (κ2) is 8.75. The number of rotatable bonds is 6. The normalized spacial score (nSPS) is 23.6. The first kappa shape index (κ1) is 23.5. The summed E-state index contributed by atoms with van der Waals surface area (Å²) in [6, 6.07) is 0. The van der Waals surface area contributed by atoms with Crippen LogP contribution in [-0.4, -0.2) is 71.7 Å². The Balaban J connectivity index is 1.76. The van der Waals surface area contributed by atoms with Crippen LogP contribution in [0.15, 0.2) is 11.9 Å². The molecule has 0 radical (unpaired) electrons. The number of aliphatic hydroxyl groups excluding tert-OH is 1. The number of β-amino-alcohol motifs (C(OH)–C–C–N with tert-alkyl or cyclic N) is 1. The standard InChI is InChI=1S/C22H37BFN3O3/c1-15-12-27(14-18(28)13-26-10-8-25-9-11-26)17(3)19(15)16(2)20(24)23-29-21(4,5)22(6,7)30-23/h12,18,25,28H,8-11,13-14H2,1-7H3. The molecule has 2 aliphatic rings. The predicted molar refractivity (Wildman–Crippen MR) is 119 cm³/mol. The van der Waals surface area contributed by atoms with Gasteiger partial charge in [-0.15, -0.1) is 0 Å². The molecule has 2 aliphatic heterocycles. The third kappa shape index (κ3) is 4.68. The number of aliphatic hydroxyl groups is 1. The number of hydrogen-bond acceptors (Lipinski definition) is 5. The van der Waals surface area contributed by atoms with E-state index >= 15 is 4.39 Å². The molecule has 1 atom stereocenters. The molecule has 2 saturated heterocycles. The highest BCUT2D eigenvalue weighted by molar-refractivity contribution is 6.55. The molecule has 2 fully saturated rings. The van der Waals surface area contributed by atoms with Gasteiger partial charge >= 0.3 is 7.12 Å². The summed E-state index contributed by atoms with van der Waals surface area (Å²) >= 11 is 0. The van der Waals surface area contributed by atoms with Gasteiger partial charge < -0.3 is 24.3 Å². The van der Waals surface area contributed by atoms with Crippen molar-refractivity contribution in [3.05, 3.63) is 28.7 Å². The number of nitrogens with zero attached hydrogens (tertiary/aromatic N) is 2. The van der Waals surface area contributed by atoms with Crippen LogP contribution in [0.2, 0.25) is 0 Å². The minimum atomic E-state index is -1.00. The van der Waals surface area contributed by atoms with Crippen LogP contribution in [0.1, 0.15) is 51.4 Å². The maximum absolute atomic E-state index is 15.4. The molecule has 6 nitrogen and oxygen atoms in total. The van der Waals surface area contributed by atoms with Crippen molar-refractivity contribution < 1.29 is 18.8 Å². The van der Waals surface area contributed by atoms with Crippen molar-refractivity contribution in [2.24, 2.45) is 0 Å².